The van der Waals surface area contributed by atoms with Crippen LogP contribution < -0.4 is 0 Å². The fourth-order valence-electron chi connectivity index (χ4n) is 5.97. The summed E-state index contributed by atoms with van der Waals surface area (Å²) in [7, 11) is -1.76. The molecule has 0 spiro atoms. The fourth-order valence-corrected chi connectivity index (χ4v) is 7.76. The minimum atomic E-state index is -4.68. The second-order valence-corrected chi connectivity index (χ2v) is 13.8. The Labute approximate surface area is 248 Å². The van der Waals surface area contributed by atoms with Crippen molar-refractivity contribution in [2.75, 3.05) is 19.3 Å². The lowest BCUT2D eigenvalue weighted by Gasteiger charge is -2.44. The van der Waals surface area contributed by atoms with Crippen molar-refractivity contribution in [1.29, 1.82) is 0 Å². The standard InChI is InChI=1S/C29H35ClF3N3O5S/c1-18(2)34(3)23-9-12-25(20(16-23)17-42(40,41)24-10-7-22(30)8-11-24)35-14-13-26(28(35)38)36(39)27(37)19-5-4-6-21(15-19)29(31,32)33/h4-8,10-11,15,18,20,23,25-26,39H,9,12-14,16-17H2,1-3H3/t20-,23+,25-,26-/m0/s1. The van der Waals surface area contributed by atoms with Gasteiger partial charge in [0.05, 0.1) is 16.2 Å². The maximum Gasteiger partial charge on any atom is 0.416 e. The number of amides is 2. The maximum atomic E-state index is 13.6. The average molecular weight is 630 g/mol. The third-order valence-electron chi connectivity index (χ3n) is 8.46. The summed E-state index contributed by atoms with van der Waals surface area (Å²) in [5, 5.41) is 11.3. The van der Waals surface area contributed by atoms with E-state index < -0.39 is 57.0 Å². The zero-order valence-corrected chi connectivity index (χ0v) is 25.2. The molecule has 1 aliphatic carbocycles. The quantitative estimate of drug-likeness (QED) is 0.321. The molecule has 1 saturated carbocycles. The van der Waals surface area contributed by atoms with Crippen molar-refractivity contribution in [3.05, 3.63) is 64.7 Å². The molecule has 2 aromatic rings. The Morgan fingerprint density at radius 1 is 1.12 bits per heavy atom. The SMILES string of the molecule is CC(C)N(C)[C@@H]1CC[C@H](N2CC[C@H](N(O)C(=O)c3cccc(C(F)(F)F)c3)C2=O)[C@H](CS(=O)(=O)c2ccc(Cl)cc2)C1. The van der Waals surface area contributed by atoms with Crippen LogP contribution in [-0.4, -0.2) is 83.8 Å². The first-order valence-corrected chi connectivity index (χ1v) is 15.8. The molecule has 1 heterocycles. The van der Waals surface area contributed by atoms with Crippen molar-refractivity contribution in [3.63, 3.8) is 0 Å². The zero-order valence-electron chi connectivity index (χ0n) is 23.6. The van der Waals surface area contributed by atoms with Gasteiger partial charge in [-0.2, -0.15) is 13.2 Å². The third-order valence-corrected chi connectivity index (χ3v) is 10.6. The van der Waals surface area contributed by atoms with Crippen LogP contribution in [0.1, 0.15) is 55.5 Å². The van der Waals surface area contributed by atoms with Gasteiger partial charge in [0.25, 0.3) is 5.91 Å². The van der Waals surface area contributed by atoms with E-state index in [9.17, 15) is 36.4 Å². The van der Waals surface area contributed by atoms with E-state index in [1.54, 1.807) is 0 Å². The minimum Gasteiger partial charge on any atom is -0.337 e. The van der Waals surface area contributed by atoms with E-state index in [-0.39, 0.29) is 40.8 Å². The topological polar surface area (TPSA) is 98.2 Å². The summed E-state index contributed by atoms with van der Waals surface area (Å²) in [6, 6.07) is 8.13. The average Bonchev–Trinajstić information content (AvgIpc) is 3.32. The number of sulfone groups is 1. The molecule has 42 heavy (non-hydrogen) atoms. The third kappa shape index (κ3) is 6.93. The first kappa shape index (κ1) is 32.2. The van der Waals surface area contributed by atoms with Crippen LogP contribution in [0.25, 0.3) is 0 Å². The first-order chi connectivity index (χ1) is 19.6. The summed E-state index contributed by atoms with van der Waals surface area (Å²) in [6.45, 7) is 4.28. The second kappa shape index (κ2) is 12.5. The van der Waals surface area contributed by atoms with Gasteiger partial charge in [-0.3, -0.25) is 14.8 Å². The molecule has 1 N–H and O–H groups in total. The van der Waals surface area contributed by atoms with E-state index >= 15 is 0 Å². The lowest BCUT2D eigenvalue weighted by Crippen LogP contribution is -2.53. The van der Waals surface area contributed by atoms with Gasteiger partial charge in [0.1, 0.15) is 6.04 Å². The van der Waals surface area contributed by atoms with Gasteiger partial charge in [-0.25, -0.2) is 13.5 Å². The molecule has 1 aliphatic heterocycles. The van der Waals surface area contributed by atoms with Crippen molar-refractivity contribution < 1.29 is 36.4 Å². The molecular weight excluding hydrogens is 595 g/mol. The summed E-state index contributed by atoms with van der Waals surface area (Å²) in [5.41, 5.74) is -1.45. The molecular formula is C29H35ClF3N3O5S. The molecule has 2 amide bonds. The van der Waals surface area contributed by atoms with Gasteiger partial charge in [-0.05, 0) is 95.0 Å². The summed E-state index contributed by atoms with van der Waals surface area (Å²) >= 11 is 5.95. The first-order valence-electron chi connectivity index (χ1n) is 13.8. The number of rotatable bonds is 8. The van der Waals surface area contributed by atoms with Crippen LogP contribution in [0.15, 0.2) is 53.4 Å². The zero-order chi connectivity index (χ0) is 31.0. The fraction of sp³-hybridized carbons (Fsp3) is 0.517. The van der Waals surface area contributed by atoms with Crippen LogP contribution in [0.4, 0.5) is 13.2 Å². The molecule has 13 heteroatoms. The van der Waals surface area contributed by atoms with E-state index in [0.717, 1.165) is 24.6 Å². The molecule has 0 bridgehead atoms. The number of alkyl halides is 3. The second-order valence-electron chi connectivity index (χ2n) is 11.4. The van der Waals surface area contributed by atoms with Gasteiger partial charge < -0.3 is 9.80 Å². The number of hydrogen-bond donors (Lipinski definition) is 1. The highest BCUT2D eigenvalue weighted by Crippen LogP contribution is 2.37. The van der Waals surface area contributed by atoms with E-state index in [0.29, 0.717) is 23.9 Å². The molecule has 2 aliphatic rings. The summed E-state index contributed by atoms with van der Waals surface area (Å²) in [6.07, 6.45) is -2.86. The molecule has 230 valence electrons. The Balaban J connectivity index is 1.55. The lowest BCUT2D eigenvalue weighted by molar-refractivity contribution is -0.147. The van der Waals surface area contributed by atoms with Gasteiger partial charge in [0.2, 0.25) is 5.91 Å². The predicted molar refractivity (Wildman–Crippen MR) is 151 cm³/mol. The molecule has 2 fully saturated rings. The number of carbonyl (C=O) groups excluding carboxylic acids is 2. The number of hydrogen-bond acceptors (Lipinski definition) is 6. The van der Waals surface area contributed by atoms with Crippen LogP contribution >= 0.6 is 11.6 Å². The molecule has 8 nitrogen and oxygen atoms in total. The predicted octanol–water partition coefficient (Wildman–Crippen LogP) is 5.14. The molecule has 4 rings (SSSR count). The van der Waals surface area contributed by atoms with E-state index in [2.05, 4.69) is 18.7 Å². The van der Waals surface area contributed by atoms with Gasteiger partial charge in [-0.15, -0.1) is 0 Å². The van der Waals surface area contributed by atoms with Crippen molar-refractivity contribution in [3.8, 4) is 0 Å². The van der Waals surface area contributed by atoms with Crippen LogP contribution in [0.2, 0.25) is 5.02 Å². The smallest absolute Gasteiger partial charge is 0.337 e. The largest absolute Gasteiger partial charge is 0.416 e. The monoisotopic (exact) mass is 629 g/mol. The highest BCUT2D eigenvalue weighted by molar-refractivity contribution is 7.91. The normalized spacial score (nSPS) is 23.6. The summed E-state index contributed by atoms with van der Waals surface area (Å²) in [4.78, 5) is 30.3. The van der Waals surface area contributed by atoms with Crippen molar-refractivity contribution in [1.82, 2.24) is 14.9 Å². The van der Waals surface area contributed by atoms with Crippen LogP contribution in [0.5, 0.6) is 0 Å². The number of benzene rings is 2. The maximum absolute atomic E-state index is 13.6. The Morgan fingerprint density at radius 2 is 1.79 bits per heavy atom. The number of nitrogens with zero attached hydrogens (tertiary/aromatic N) is 3. The lowest BCUT2D eigenvalue weighted by atomic mass is 9.81. The van der Waals surface area contributed by atoms with Crippen LogP contribution in [0, 0.1) is 5.92 Å². The van der Waals surface area contributed by atoms with Gasteiger partial charge in [-0.1, -0.05) is 17.7 Å². The van der Waals surface area contributed by atoms with Crippen LogP contribution in [-0.2, 0) is 20.8 Å². The van der Waals surface area contributed by atoms with Crippen molar-refractivity contribution >= 4 is 33.3 Å². The Morgan fingerprint density at radius 3 is 2.40 bits per heavy atom. The van der Waals surface area contributed by atoms with E-state index in [1.165, 1.54) is 29.2 Å². The number of likely N-dealkylation sites (tertiary alicyclic amines) is 1. The number of hydroxylamine groups is 2. The molecule has 0 aromatic heterocycles. The van der Waals surface area contributed by atoms with Crippen molar-refractivity contribution in [2.45, 2.75) is 74.8 Å². The van der Waals surface area contributed by atoms with Gasteiger partial charge in [0.15, 0.2) is 9.84 Å². The molecule has 4 atom stereocenters. The Kier molecular flexibility index (Phi) is 9.61. The number of carbonyl (C=O) groups is 2. The number of halogens is 4. The molecule has 0 unspecified atom stereocenters. The Bertz CT molecular complexity index is 1400. The summed E-state index contributed by atoms with van der Waals surface area (Å²) < 4.78 is 66.4. The highest BCUT2D eigenvalue weighted by Gasteiger charge is 2.46. The minimum absolute atomic E-state index is 0.0581. The van der Waals surface area contributed by atoms with Gasteiger partial charge in [0, 0.05) is 35.3 Å². The van der Waals surface area contributed by atoms with Crippen LogP contribution in [0.3, 0.4) is 0 Å². The van der Waals surface area contributed by atoms with Crippen molar-refractivity contribution in [2.24, 2.45) is 5.92 Å². The molecule has 1 saturated heterocycles. The van der Waals surface area contributed by atoms with E-state index in [1.807, 2.05) is 7.05 Å². The molecule has 2 aromatic carbocycles. The van der Waals surface area contributed by atoms with E-state index in [4.69, 9.17) is 11.6 Å². The highest BCUT2D eigenvalue weighted by atomic mass is 35.5. The Hall–Kier alpha value is -2.67. The summed E-state index contributed by atoms with van der Waals surface area (Å²) in [5.74, 6) is -2.32. The molecule has 0 radical (unpaired) electrons. The van der Waals surface area contributed by atoms with Gasteiger partial charge >= 0.3 is 6.18 Å².